The standard InChI is InChI=1S/C13H10Cl2N2O3S/c1-7(18)17-12(20-8(2)19)6-21-13(17)16-11-5-9(14)3-4-10(11)15/h3-6H,1-2H3. The first-order valence-electron chi connectivity index (χ1n) is 5.78. The summed E-state index contributed by atoms with van der Waals surface area (Å²) >= 11 is 13.1. The number of esters is 1. The zero-order valence-corrected chi connectivity index (χ0v) is 13.4. The van der Waals surface area contributed by atoms with E-state index in [1.807, 2.05) is 0 Å². The molecule has 0 fully saturated rings. The van der Waals surface area contributed by atoms with Crippen LogP contribution in [0.2, 0.25) is 10.0 Å². The van der Waals surface area contributed by atoms with Crippen LogP contribution in [0.5, 0.6) is 5.88 Å². The minimum Gasteiger partial charge on any atom is -0.408 e. The summed E-state index contributed by atoms with van der Waals surface area (Å²) in [5.74, 6) is -0.726. The molecule has 2 rings (SSSR count). The summed E-state index contributed by atoms with van der Waals surface area (Å²) < 4.78 is 6.17. The summed E-state index contributed by atoms with van der Waals surface area (Å²) in [7, 11) is 0. The first-order valence-corrected chi connectivity index (χ1v) is 7.41. The topological polar surface area (TPSA) is 60.7 Å². The van der Waals surface area contributed by atoms with E-state index >= 15 is 0 Å². The minimum absolute atomic E-state index is 0.122. The van der Waals surface area contributed by atoms with Crippen LogP contribution in [0, 0.1) is 0 Å². The van der Waals surface area contributed by atoms with Gasteiger partial charge >= 0.3 is 5.97 Å². The van der Waals surface area contributed by atoms with E-state index in [9.17, 15) is 9.59 Å². The van der Waals surface area contributed by atoms with Gasteiger partial charge in [0.2, 0.25) is 11.8 Å². The third-order valence-corrected chi connectivity index (χ3v) is 3.72. The number of carbonyl (C=O) groups is 2. The van der Waals surface area contributed by atoms with Crippen LogP contribution in [0.3, 0.4) is 0 Å². The fourth-order valence-electron chi connectivity index (χ4n) is 1.56. The minimum atomic E-state index is -0.518. The predicted octanol–water partition coefficient (Wildman–Crippen LogP) is 3.67. The van der Waals surface area contributed by atoms with Crippen LogP contribution in [0.4, 0.5) is 5.69 Å². The van der Waals surface area contributed by atoms with Gasteiger partial charge in [0.25, 0.3) is 0 Å². The van der Waals surface area contributed by atoms with Crippen LogP contribution in [-0.2, 0) is 4.79 Å². The Morgan fingerprint density at radius 3 is 2.62 bits per heavy atom. The van der Waals surface area contributed by atoms with Gasteiger partial charge in [-0.2, -0.15) is 0 Å². The molecule has 0 unspecified atom stereocenters. The highest BCUT2D eigenvalue weighted by Crippen LogP contribution is 2.28. The fraction of sp³-hybridized carbons (Fsp3) is 0.154. The number of carbonyl (C=O) groups excluding carboxylic acids is 2. The van der Waals surface area contributed by atoms with Crippen molar-refractivity contribution in [2.45, 2.75) is 13.8 Å². The lowest BCUT2D eigenvalue weighted by Gasteiger charge is -2.03. The average Bonchev–Trinajstić information content (AvgIpc) is 2.76. The quantitative estimate of drug-likeness (QED) is 0.780. The van der Waals surface area contributed by atoms with Gasteiger partial charge in [0.15, 0.2) is 4.80 Å². The van der Waals surface area contributed by atoms with E-state index in [-0.39, 0.29) is 11.8 Å². The molecule has 1 aromatic carbocycles. The second kappa shape index (κ2) is 6.43. The van der Waals surface area contributed by atoms with Crippen LogP contribution in [0.25, 0.3) is 0 Å². The van der Waals surface area contributed by atoms with Crippen molar-refractivity contribution >= 4 is 52.1 Å². The van der Waals surface area contributed by atoms with Gasteiger partial charge in [-0.1, -0.05) is 23.2 Å². The Bertz CT molecular complexity index is 780. The molecule has 0 saturated heterocycles. The molecule has 1 aromatic heterocycles. The Labute approximate surface area is 134 Å². The van der Waals surface area contributed by atoms with E-state index in [1.54, 1.807) is 18.2 Å². The summed E-state index contributed by atoms with van der Waals surface area (Å²) in [6, 6.07) is 4.83. The lowest BCUT2D eigenvalue weighted by atomic mass is 10.3. The maximum absolute atomic E-state index is 11.7. The summed E-state index contributed by atoms with van der Waals surface area (Å²) in [4.78, 5) is 27.4. The summed E-state index contributed by atoms with van der Waals surface area (Å²) in [5.41, 5.74) is 0.426. The molecule has 0 bridgehead atoms. The summed E-state index contributed by atoms with van der Waals surface area (Å²) in [6.07, 6.45) is 0. The predicted molar refractivity (Wildman–Crippen MR) is 81.6 cm³/mol. The molecule has 0 saturated carbocycles. The smallest absolute Gasteiger partial charge is 0.309 e. The summed E-state index contributed by atoms with van der Waals surface area (Å²) in [5, 5.41) is 2.40. The molecular formula is C13H10Cl2N2O3S. The highest BCUT2D eigenvalue weighted by Gasteiger charge is 2.13. The van der Waals surface area contributed by atoms with Crippen molar-refractivity contribution in [3.05, 3.63) is 38.4 Å². The molecule has 0 aliphatic carbocycles. The van der Waals surface area contributed by atoms with Gasteiger partial charge in [0.1, 0.15) is 0 Å². The second-order valence-corrected chi connectivity index (χ2v) is 5.69. The number of hydrogen-bond donors (Lipinski definition) is 0. The van der Waals surface area contributed by atoms with Crippen LogP contribution in [0.1, 0.15) is 18.6 Å². The number of benzene rings is 1. The Balaban J connectivity index is 2.60. The highest BCUT2D eigenvalue weighted by atomic mass is 35.5. The maximum atomic E-state index is 11.7. The third-order valence-electron chi connectivity index (χ3n) is 2.36. The Morgan fingerprint density at radius 1 is 1.29 bits per heavy atom. The van der Waals surface area contributed by atoms with E-state index in [0.717, 1.165) is 11.3 Å². The molecule has 0 atom stereocenters. The maximum Gasteiger partial charge on any atom is 0.309 e. The lowest BCUT2D eigenvalue weighted by Crippen LogP contribution is -2.22. The molecule has 0 amide bonds. The fourth-order valence-corrected chi connectivity index (χ4v) is 2.72. The molecule has 2 aromatic rings. The van der Waals surface area contributed by atoms with E-state index in [1.165, 1.54) is 23.8 Å². The molecule has 21 heavy (non-hydrogen) atoms. The molecule has 5 nitrogen and oxygen atoms in total. The molecule has 1 heterocycles. The molecule has 0 aliphatic heterocycles. The Kier molecular flexibility index (Phi) is 4.82. The van der Waals surface area contributed by atoms with Gasteiger partial charge < -0.3 is 4.74 Å². The normalized spacial score (nSPS) is 11.5. The van der Waals surface area contributed by atoms with Crippen molar-refractivity contribution in [2.75, 3.05) is 0 Å². The van der Waals surface area contributed by atoms with E-state index in [4.69, 9.17) is 27.9 Å². The number of ether oxygens (including phenoxy) is 1. The molecule has 8 heteroatoms. The Morgan fingerprint density at radius 2 is 2.00 bits per heavy atom. The highest BCUT2D eigenvalue weighted by molar-refractivity contribution is 7.07. The number of nitrogens with zero attached hydrogens (tertiary/aromatic N) is 2. The van der Waals surface area contributed by atoms with Crippen molar-refractivity contribution in [2.24, 2.45) is 4.99 Å². The van der Waals surface area contributed by atoms with Crippen LogP contribution < -0.4 is 9.54 Å². The zero-order valence-electron chi connectivity index (χ0n) is 11.1. The zero-order chi connectivity index (χ0) is 15.6. The van der Waals surface area contributed by atoms with Crippen LogP contribution >= 0.6 is 34.5 Å². The Hall–Kier alpha value is -1.63. The molecule has 0 aliphatic rings. The number of thiazole rings is 1. The molecule has 0 radical (unpaired) electrons. The van der Waals surface area contributed by atoms with Crippen molar-refractivity contribution in [1.29, 1.82) is 0 Å². The van der Waals surface area contributed by atoms with E-state index in [2.05, 4.69) is 4.99 Å². The van der Waals surface area contributed by atoms with Crippen molar-refractivity contribution < 1.29 is 14.3 Å². The SMILES string of the molecule is CC(=O)Oc1csc(=Nc2cc(Cl)ccc2Cl)n1C(C)=O. The molecule has 110 valence electrons. The largest absolute Gasteiger partial charge is 0.408 e. The van der Waals surface area contributed by atoms with Gasteiger partial charge in [-0.15, -0.1) is 11.3 Å². The third kappa shape index (κ3) is 3.72. The van der Waals surface area contributed by atoms with Gasteiger partial charge in [0, 0.05) is 18.9 Å². The summed E-state index contributed by atoms with van der Waals surface area (Å²) in [6.45, 7) is 2.60. The van der Waals surface area contributed by atoms with Gasteiger partial charge in [-0.3, -0.25) is 9.59 Å². The van der Waals surface area contributed by atoms with E-state index < -0.39 is 5.97 Å². The molecular weight excluding hydrogens is 335 g/mol. The number of rotatable bonds is 2. The first kappa shape index (κ1) is 15.8. The molecule has 0 N–H and O–H groups in total. The van der Waals surface area contributed by atoms with Gasteiger partial charge in [-0.05, 0) is 18.2 Å². The van der Waals surface area contributed by atoms with Crippen LogP contribution in [0.15, 0.2) is 28.6 Å². The monoisotopic (exact) mass is 344 g/mol. The van der Waals surface area contributed by atoms with E-state index in [0.29, 0.717) is 20.5 Å². The van der Waals surface area contributed by atoms with Crippen molar-refractivity contribution in [3.8, 4) is 5.88 Å². The second-order valence-electron chi connectivity index (χ2n) is 4.01. The molecule has 0 spiro atoms. The number of hydrogen-bond acceptors (Lipinski definition) is 5. The van der Waals surface area contributed by atoms with Gasteiger partial charge in [-0.25, -0.2) is 9.56 Å². The van der Waals surface area contributed by atoms with Gasteiger partial charge in [0.05, 0.1) is 16.1 Å². The lowest BCUT2D eigenvalue weighted by molar-refractivity contribution is -0.132. The van der Waals surface area contributed by atoms with Crippen LogP contribution in [-0.4, -0.2) is 16.4 Å². The first-order chi connectivity index (χ1) is 9.88. The number of halogens is 2. The number of aromatic nitrogens is 1. The average molecular weight is 345 g/mol. The van der Waals surface area contributed by atoms with Crippen molar-refractivity contribution in [3.63, 3.8) is 0 Å². The van der Waals surface area contributed by atoms with Crippen molar-refractivity contribution in [1.82, 2.24) is 4.57 Å².